The third-order valence-electron chi connectivity index (χ3n) is 3.75. The number of carbonyl (C=O) groups is 1. The SMILES string of the molecule is CCOCCCCCc1cn(CCCCCC(=O)NC(C)C)nn1.[HH]. The lowest BCUT2D eigenvalue weighted by Gasteiger charge is -2.07. The second-order valence-electron chi connectivity index (χ2n) is 6.51. The van der Waals surface area contributed by atoms with Gasteiger partial charge in [-0.1, -0.05) is 18.1 Å². The molecular formula is C18H36N4O2. The van der Waals surface area contributed by atoms with E-state index in [1.807, 2.05) is 31.6 Å². The molecule has 0 fully saturated rings. The Kier molecular flexibility index (Phi) is 11.1. The quantitative estimate of drug-likeness (QED) is 0.527. The molecule has 0 aromatic carbocycles. The Balaban J connectivity index is 0.00000576. The molecule has 1 aromatic heterocycles. The minimum absolute atomic E-state index is 0. The number of unbranched alkanes of at least 4 members (excludes halogenated alkanes) is 4. The maximum absolute atomic E-state index is 11.5. The molecule has 140 valence electrons. The Morgan fingerprint density at radius 2 is 2.04 bits per heavy atom. The van der Waals surface area contributed by atoms with Crippen LogP contribution in [0.2, 0.25) is 0 Å². The van der Waals surface area contributed by atoms with Crippen molar-refractivity contribution in [2.24, 2.45) is 0 Å². The Morgan fingerprint density at radius 3 is 2.79 bits per heavy atom. The molecule has 1 N–H and O–H groups in total. The number of rotatable bonds is 14. The van der Waals surface area contributed by atoms with Gasteiger partial charge in [0.15, 0.2) is 0 Å². The molecule has 1 aromatic rings. The van der Waals surface area contributed by atoms with E-state index in [1.54, 1.807) is 0 Å². The van der Waals surface area contributed by atoms with Crippen LogP contribution >= 0.6 is 0 Å². The summed E-state index contributed by atoms with van der Waals surface area (Å²) in [7, 11) is 0. The summed E-state index contributed by atoms with van der Waals surface area (Å²) in [6.07, 6.45) is 10.1. The second kappa shape index (κ2) is 12.9. The number of amides is 1. The van der Waals surface area contributed by atoms with Crippen molar-refractivity contribution < 1.29 is 11.0 Å². The summed E-state index contributed by atoms with van der Waals surface area (Å²) in [5.74, 6) is 0.150. The molecule has 6 nitrogen and oxygen atoms in total. The maximum Gasteiger partial charge on any atom is 0.220 e. The Hall–Kier alpha value is -1.43. The molecule has 0 bridgehead atoms. The zero-order chi connectivity index (χ0) is 17.6. The fraction of sp³-hybridized carbons (Fsp3) is 0.833. The van der Waals surface area contributed by atoms with E-state index in [4.69, 9.17) is 4.74 Å². The van der Waals surface area contributed by atoms with Crippen LogP contribution in [0.3, 0.4) is 0 Å². The van der Waals surface area contributed by atoms with Crippen LogP contribution in [0, 0.1) is 0 Å². The van der Waals surface area contributed by atoms with E-state index in [9.17, 15) is 4.79 Å². The van der Waals surface area contributed by atoms with E-state index in [2.05, 4.69) is 15.6 Å². The maximum atomic E-state index is 11.5. The van der Waals surface area contributed by atoms with Gasteiger partial charge in [-0.3, -0.25) is 9.48 Å². The first-order valence-electron chi connectivity index (χ1n) is 9.38. The van der Waals surface area contributed by atoms with Crippen LogP contribution in [-0.4, -0.2) is 40.2 Å². The molecule has 6 heteroatoms. The second-order valence-corrected chi connectivity index (χ2v) is 6.51. The fourth-order valence-corrected chi connectivity index (χ4v) is 2.52. The van der Waals surface area contributed by atoms with Crippen molar-refractivity contribution in [3.63, 3.8) is 0 Å². The molecule has 0 atom stereocenters. The summed E-state index contributed by atoms with van der Waals surface area (Å²) in [5, 5.41) is 11.3. The number of ether oxygens (including phenoxy) is 1. The lowest BCUT2D eigenvalue weighted by molar-refractivity contribution is -0.121. The van der Waals surface area contributed by atoms with Gasteiger partial charge < -0.3 is 10.1 Å². The van der Waals surface area contributed by atoms with Crippen molar-refractivity contribution in [2.45, 2.75) is 84.7 Å². The number of nitrogens with zero attached hydrogens (tertiary/aromatic N) is 3. The number of aromatic nitrogens is 3. The zero-order valence-corrected chi connectivity index (χ0v) is 15.6. The van der Waals surface area contributed by atoms with Crippen molar-refractivity contribution in [1.82, 2.24) is 20.3 Å². The molecule has 0 aliphatic rings. The van der Waals surface area contributed by atoms with Gasteiger partial charge in [0.2, 0.25) is 5.91 Å². The predicted octanol–water partition coefficient (Wildman–Crippen LogP) is 3.36. The summed E-state index contributed by atoms with van der Waals surface area (Å²) in [5.41, 5.74) is 1.07. The summed E-state index contributed by atoms with van der Waals surface area (Å²) < 4.78 is 7.25. The third-order valence-corrected chi connectivity index (χ3v) is 3.75. The summed E-state index contributed by atoms with van der Waals surface area (Å²) in [6.45, 7) is 8.54. The summed E-state index contributed by atoms with van der Waals surface area (Å²) in [6, 6.07) is 0.227. The van der Waals surface area contributed by atoms with Gasteiger partial charge in [0.05, 0.1) is 5.69 Å². The highest BCUT2D eigenvalue weighted by atomic mass is 16.5. The van der Waals surface area contributed by atoms with Crippen molar-refractivity contribution in [3.8, 4) is 0 Å². The largest absolute Gasteiger partial charge is 0.382 e. The van der Waals surface area contributed by atoms with E-state index in [1.165, 1.54) is 6.42 Å². The topological polar surface area (TPSA) is 69.0 Å². The highest BCUT2D eigenvalue weighted by Crippen LogP contribution is 2.06. The average Bonchev–Trinajstić information content (AvgIpc) is 2.97. The molecule has 0 aliphatic heterocycles. The van der Waals surface area contributed by atoms with Crippen LogP contribution in [0.4, 0.5) is 0 Å². The Morgan fingerprint density at radius 1 is 1.25 bits per heavy atom. The number of hydrogen-bond donors (Lipinski definition) is 1. The molecule has 1 amide bonds. The third kappa shape index (κ3) is 10.4. The summed E-state index contributed by atoms with van der Waals surface area (Å²) >= 11 is 0. The first-order valence-corrected chi connectivity index (χ1v) is 9.38. The average molecular weight is 341 g/mol. The first kappa shape index (κ1) is 20.6. The van der Waals surface area contributed by atoms with Crippen LogP contribution in [0.25, 0.3) is 0 Å². The monoisotopic (exact) mass is 340 g/mol. The number of carbonyl (C=O) groups excluding carboxylic acids is 1. The molecule has 1 heterocycles. The van der Waals surface area contributed by atoms with Crippen molar-refractivity contribution in [2.75, 3.05) is 13.2 Å². The van der Waals surface area contributed by atoms with Gasteiger partial charge in [-0.2, -0.15) is 0 Å². The van der Waals surface area contributed by atoms with Crippen LogP contribution in [0.1, 0.15) is 72.8 Å². The van der Waals surface area contributed by atoms with Gasteiger partial charge in [0.25, 0.3) is 0 Å². The highest BCUT2D eigenvalue weighted by Gasteiger charge is 2.04. The lowest BCUT2D eigenvalue weighted by atomic mass is 10.1. The molecule has 24 heavy (non-hydrogen) atoms. The summed E-state index contributed by atoms with van der Waals surface area (Å²) in [4.78, 5) is 11.5. The lowest BCUT2D eigenvalue weighted by Crippen LogP contribution is -2.29. The first-order chi connectivity index (χ1) is 11.6. The van der Waals surface area contributed by atoms with Gasteiger partial charge in [0.1, 0.15) is 0 Å². The van der Waals surface area contributed by atoms with E-state index < -0.39 is 0 Å². The number of nitrogens with one attached hydrogen (secondary N) is 1. The molecule has 0 radical (unpaired) electrons. The van der Waals surface area contributed by atoms with E-state index in [0.717, 1.165) is 64.0 Å². The van der Waals surface area contributed by atoms with E-state index in [0.29, 0.717) is 6.42 Å². The Labute approximate surface area is 147 Å². The zero-order valence-electron chi connectivity index (χ0n) is 15.6. The van der Waals surface area contributed by atoms with Crippen molar-refractivity contribution >= 4 is 5.91 Å². The molecule has 0 spiro atoms. The van der Waals surface area contributed by atoms with Crippen LogP contribution in [-0.2, 0) is 22.5 Å². The standard InChI is InChI=1S/C18H34N4O2.H2/c1-4-24-14-10-6-7-11-17-15-22(21-20-17)13-9-5-8-12-18(23)19-16(2)3;/h15-16H,4-14H2,1-3H3,(H,19,23);1H. The van der Waals surface area contributed by atoms with Crippen molar-refractivity contribution in [3.05, 3.63) is 11.9 Å². The molecule has 0 unspecified atom stereocenters. The van der Waals surface area contributed by atoms with Gasteiger partial charge in [-0.05, 0) is 52.9 Å². The predicted molar refractivity (Wildman–Crippen MR) is 97.9 cm³/mol. The van der Waals surface area contributed by atoms with Gasteiger partial charge in [-0.25, -0.2) is 0 Å². The normalized spacial score (nSPS) is 11.2. The van der Waals surface area contributed by atoms with E-state index >= 15 is 0 Å². The minimum atomic E-state index is 0. The van der Waals surface area contributed by atoms with Crippen LogP contribution < -0.4 is 5.32 Å². The highest BCUT2D eigenvalue weighted by molar-refractivity contribution is 5.76. The smallest absolute Gasteiger partial charge is 0.220 e. The Bertz CT molecular complexity index is 452. The molecule has 0 saturated carbocycles. The van der Waals surface area contributed by atoms with Crippen molar-refractivity contribution in [1.29, 1.82) is 0 Å². The van der Waals surface area contributed by atoms with Crippen LogP contribution in [0.5, 0.6) is 0 Å². The fourth-order valence-electron chi connectivity index (χ4n) is 2.52. The number of aryl methyl sites for hydroxylation is 2. The molecule has 0 aliphatic carbocycles. The van der Waals surface area contributed by atoms with Crippen LogP contribution in [0.15, 0.2) is 6.20 Å². The minimum Gasteiger partial charge on any atom is -0.382 e. The van der Waals surface area contributed by atoms with E-state index in [-0.39, 0.29) is 13.4 Å². The van der Waals surface area contributed by atoms with Gasteiger partial charge in [-0.15, -0.1) is 5.10 Å². The van der Waals surface area contributed by atoms with Gasteiger partial charge in [0, 0.05) is 39.8 Å². The number of hydrogen-bond acceptors (Lipinski definition) is 4. The molecule has 1 rings (SSSR count). The molecular weight excluding hydrogens is 304 g/mol. The van der Waals surface area contributed by atoms with Gasteiger partial charge >= 0.3 is 0 Å². The molecule has 0 saturated heterocycles.